The van der Waals surface area contributed by atoms with E-state index < -0.39 is 0 Å². The fourth-order valence-corrected chi connectivity index (χ4v) is 3.23. The van der Waals surface area contributed by atoms with E-state index in [1.807, 2.05) is 42.5 Å². The van der Waals surface area contributed by atoms with Crippen LogP contribution in [0.25, 0.3) is 11.0 Å². The molecule has 3 aromatic rings. The van der Waals surface area contributed by atoms with E-state index in [1.165, 1.54) is 0 Å². The van der Waals surface area contributed by atoms with Gasteiger partial charge in [0, 0.05) is 23.7 Å². The third kappa shape index (κ3) is 5.19. The molecule has 0 unspecified atom stereocenters. The summed E-state index contributed by atoms with van der Waals surface area (Å²) in [5.74, 6) is 1.73. The van der Waals surface area contributed by atoms with E-state index in [-0.39, 0.29) is 24.8 Å². The van der Waals surface area contributed by atoms with Crippen molar-refractivity contribution in [2.75, 3.05) is 25.5 Å². The lowest BCUT2D eigenvalue weighted by Gasteiger charge is -2.23. The predicted octanol–water partition coefficient (Wildman–Crippen LogP) is 4.90. The zero-order valence-corrected chi connectivity index (χ0v) is 17.3. The second-order valence-corrected chi connectivity index (χ2v) is 6.46. The molecule has 1 saturated heterocycles. The highest BCUT2D eigenvalue weighted by Crippen LogP contribution is 2.21. The maximum atomic E-state index is 6.06. The molecule has 2 aromatic carbocycles. The first-order chi connectivity index (χ1) is 12.8. The molecule has 1 fully saturated rings. The molecule has 1 aliphatic heterocycles. The third-order valence-corrected chi connectivity index (χ3v) is 4.66. The molecular formula is C21H25Cl2N3O2. The fraction of sp³-hybridized carbons (Fsp3) is 0.286. The van der Waals surface area contributed by atoms with Crippen molar-refractivity contribution < 1.29 is 9.15 Å². The maximum absolute atomic E-state index is 6.06. The van der Waals surface area contributed by atoms with Crippen molar-refractivity contribution in [1.82, 2.24) is 5.32 Å². The van der Waals surface area contributed by atoms with Gasteiger partial charge in [0.2, 0.25) is 0 Å². The Kier molecular flexibility index (Phi) is 8.18. The highest BCUT2D eigenvalue weighted by atomic mass is 35.5. The molecule has 5 nitrogen and oxygen atoms in total. The molecule has 7 heteroatoms. The molecule has 4 rings (SSSR count). The van der Waals surface area contributed by atoms with Crippen LogP contribution in [0.2, 0.25) is 0 Å². The van der Waals surface area contributed by atoms with Crippen molar-refractivity contribution in [2.45, 2.75) is 18.9 Å². The van der Waals surface area contributed by atoms with Crippen LogP contribution in [-0.4, -0.2) is 32.1 Å². The highest BCUT2D eigenvalue weighted by Gasteiger charge is 2.14. The molecule has 0 amide bonds. The number of piperidine rings is 1. The standard InChI is InChI=1S/C21H23N3O2.2ClH/c1-22-21(16-2-7-20-15(14-16)10-13-25-20)24-17-3-5-18(6-4-17)26-19-8-11-23-12-9-19;;/h2-7,10,13-14,19,23H,8-9,11-12H2,1H3,(H,22,24);2*1H. The number of hydrogen-bond donors (Lipinski definition) is 2. The monoisotopic (exact) mass is 421 g/mol. The second-order valence-electron chi connectivity index (χ2n) is 6.46. The van der Waals surface area contributed by atoms with Gasteiger partial charge in [0.05, 0.1) is 6.26 Å². The number of furan rings is 1. The van der Waals surface area contributed by atoms with E-state index in [0.29, 0.717) is 6.10 Å². The van der Waals surface area contributed by atoms with Crippen molar-refractivity contribution in [1.29, 1.82) is 0 Å². The van der Waals surface area contributed by atoms with E-state index in [0.717, 1.165) is 59.7 Å². The van der Waals surface area contributed by atoms with Crippen LogP contribution in [0.3, 0.4) is 0 Å². The largest absolute Gasteiger partial charge is 0.490 e. The van der Waals surface area contributed by atoms with Crippen LogP contribution in [0.5, 0.6) is 5.75 Å². The molecule has 0 radical (unpaired) electrons. The lowest BCUT2D eigenvalue weighted by atomic mass is 10.1. The number of fused-ring (bicyclic) bond motifs is 1. The molecule has 0 aliphatic carbocycles. The molecule has 0 spiro atoms. The molecule has 2 heterocycles. The molecule has 0 saturated carbocycles. The summed E-state index contributed by atoms with van der Waals surface area (Å²) < 4.78 is 11.5. The minimum absolute atomic E-state index is 0. The van der Waals surface area contributed by atoms with Gasteiger partial charge in [-0.1, -0.05) is 0 Å². The average Bonchev–Trinajstić information content (AvgIpc) is 3.16. The molecule has 0 bridgehead atoms. The topological polar surface area (TPSA) is 58.8 Å². The summed E-state index contributed by atoms with van der Waals surface area (Å²) in [5.41, 5.74) is 2.88. The summed E-state index contributed by atoms with van der Waals surface area (Å²) in [6.45, 7) is 2.06. The Hall–Kier alpha value is -2.21. The summed E-state index contributed by atoms with van der Waals surface area (Å²) in [5, 5.41) is 7.81. The van der Waals surface area contributed by atoms with Crippen LogP contribution in [0.15, 0.2) is 64.2 Å². The first-order valence-corrected chi connectivity index (χ1v) is 9.01. The molecule has 150 valence electrons. The van der Waals surface area contributed by atoms with Gasteiger partial charge in [-0.15, -0.1) is 24.8 Å². The maximum Gasteiger partial charge on any atom is 0.133 e. The zero-order chi connectivity index (χ0) is 17.8. The summed E-state index contributed by atoms with van der Waals surface area (Å²) in [6, 6.07) is 16.1. The normalized spacial score (nSPS) is 14.8. The first kappa shape index (κ1) is 22.1. The number of nitrogens with one attached hydrogen (secondary N) is 2. The Morgan fingerprint density at radius 3 is 2.54 bits per heavy atom. The van der Waals surface area contributed by atoms with Crippen LogP contribution >= 0.6 is 24.8 Å². The van der Waals surface area contributed by atoms with Crippen LogP contribution in [0, 0.1) is 0 Å². The van der Waals surface area contributed by atoms with E-state index in [1.54, 1.807) is 13.3 Å². The van der Waals surface area contributed by atoms with Gasteiger partial charge in [-0.25, -0.2) is 0 Å². The molecule has 0 atom stereocenters. The molecular weight excluding hydrogens is 397 g/mol. The zero-order valence-electron chi connectivity index (χ0n) is 15.7. The molecule has 1 aliphatic rings. The van der Waals surface area contributed by atoms with E-state index in [2.05, 4.69) is 21.7 Å². The number of benzene rings is 2. The van der Waals surface area contributed by atoms with Gasteiger partial charge in [0.1, 0.15) is 23.3 Å². The average molecular weight is 422 g/mol. The Bertz CT molecular complexity index is 903. The van der Waals surface area contributed by atoms with Crippen molar-refractivity contribution in [3.8, 4) is 5.75 Å². The minimum Gasteiger partial charge on any atom is -0.490 e. The second kappa shape index (κ2) is 10.4. The number of rotatable bonds is 4. The minimum atomic E-state index is 0. The Morgan fingerprint density at radius 2 is 1.82 bits per heavy atom. The fourth-order valence-electron chi connectivity index (χ4n) is 3.23. The molecule has 2 N–H and O–H groups in total. The summed E-state index contributed by atoms with van der Waals surface area (Å²) >= 11 is 0. The van der Waals surface area contributed by atoms with Gasteiger partial charge in [-0.3, -0.25) is 4.99 Å². The number of hydrogen-bond acceptors (Lipinski definition) is 4. The van der Waals surface area contributed by atoms with Gasteiger partial charge in [0.25, 0.3) is 0 Å². The van der Waals surface area contributed by atoms with E-state index in [4.69, 9.17) is 9.15 Å². The number of nitrogens with zero attached hydrogens (tertiary/aromatic N) is 1. The number of aliphatic imine (C=N–C) groups is 1. The van der Waals surface area contributed by atoms with Gasteiger partial charge >= 0.3 is 0 Å². The van der Waals surface area contributed by atoms with Gasteiger partial charge < -0.3 is 19.8 Å². The van der Waals surface area contributed by atoms with Crippen molar-refractivity contribution in [3.63, 3.8) is 0 Å². The lowest BCUT2D eigenvalue weighted by molar-refractivity contribution is 0.162. The number of amidine groups is 1. The SMILES string of the molecule is CN=C(Nc1ccc(OC2CCNCC2)cc1)c1ccc2occc2c1.Cl.Cl. The van der Waals surface area contributed by atoms with Crippen molar-refractivity contribution in [3.05, 3.63) is 60.4 Å². The smallest absolute Gasteiger partial charge is 0.133 e. The summed E-state index contributed by atoms with van der Waals surface area (Å²) in [4.78, 5) is 4.40. The first-order valence-electron chi connectivity index (χ1n) is 9.01. The number of halogens is 2. The molecule has 1 aromatic heterocycles. The highest BCUT2D eigenvalue weighted by molar-refractivity contribution is 6.09. The van der Waals surface area contributed by atoms with Crippen LogP contribution < -0.4 is 15.4 Å². The third-order valence-electron chi connectivity index (χ3n) is 4.66. The van der Waals surface area contributed by atoms with Gasteiger partial charge in [-0.2, -0.15) is 0 Å². The number of anilines is 1. The van der Waals surface area contributed by atoms with E-state index >= 15 is 0 Å². The van der Waals surface area contributed by atoms with Gasteiger partial charge in [0.15, 0.2) is 0 Å². The van der Waals surface area contributed by atoms with Crippen LogP contribution in [-0.2, 0) is 0 Å². The molecule has 28 heavy (non-hydrogen) atoms. The Balaban J connectivity index is 0.00000140. The summed E-state index contributed by atoms with van der Waals surface area (Å²) in [7, 11) is 1.79. The van der Waals surface area contributed by atoms with Crippen LogP contribution in [0.1, 0.15) is 18.4 Å². The van der Waals surface area contributed by atoms with Crippen molar-refractivity contribution in [2.24, 2.45) is 4.99 Å². The predicted molar refractivity (Wildman–Crippen MR) is 120 cm³/mol. The number of ether oxygens (including phenoxy) is 1. The Labute approximate surface area is 177 Å². The van der Waals surface area contributed by atoms with Crippen molar-refractivity contribution >= 4 is 47.3 Å². The Morgan fingerprint density at radius 1 is 1.07 bits per heavy atom. The van der Waals surface area contributed by atoms with Gasteiger partial charge in [-0.05, 0) is 74.5 Å². The summed E-state index contributed by atoms with van der Waals surface area (Å²) in [6.07, 6.45) is 4.13. The van der Waals surface area contributed by atoms with Crippen LogP contribution in [0.4, 0.5) is 5.69 Å². The quantitative estimate of drug-likeness (QED) is 0.464. The van der Waals surface area contributed by atoms with E-state index in [9.17, 15) is 0 Å². The lowest BCUT2D eigenvalue weighted by Crippen LogP contribution is -2.34.